The fourth-order valence-electron chi connectivity index (χ4n) is 1.49. The molecule has 0 aromatic rings. The third-order valence-electron chi connectivity index (χ3n) is 2.88. The highest BCUT2D eigenvalue weighted by Gasteiger charge is 2.37. The number of carbonyl (C=O) groups excluding carboxylic acids is 3. The van der Waals surface area contributed by atoms with Crippen molar-refractivity contribution >= 4 is 17.7 Å². The lowest BCUT2D eigenvalue weighted by atomic mass is 9.88. The van der Waals surface area contributed by atoms with E-state index in [-0.39, 0.29) is 31.4 Å². The van der Waals surface area contributed by atoms with Crippen molar-refractivity contribution in [1.29, 1.82) is 0 Å². The van der Waals surface area contributed by atoms with E-state index in [0.29, 0.717) is 6.54 Å². The highest BCUT2D eigenvalue weighted by Crippen LogP contribution is 2.19. The second-order valence-electron chi connectivity index (χ2n) is 5.29. The first-order valence-corrected chi connectivity index (χ1v) is 6.91. The highest BCUT2D eigenvalue weighted by atomic mass is 16.5. The average Bonchev–Trinajstić information content (AvgIpc) is 2.36. The van der Waals surface area contributed by atoms with Gasteiger partial charge in [0, 0.05) is 6.54 Å². The Morgan fingerprint density at radius 1 is 1.15 bits per heavy atom. The molecule has 0 aromatic heterocycles. The SMILES string of the molecule is CCCNC(=O)CN(C)CC(=O)C(C)(C)C(=O)OCC. The van der Waals surface area contributed by atoms with Crippen LogP contribution in [-0.2, 0) is 19.1 Å². The number of ketones is 1. The maximum Gasteiger partial charge on any atom is 0.319 e. The third kappa shape index (κ3) is 6.14. The van der Waals surface area contributed by atoms with Crippen LogP contribution in [-0.4, -0.2) is 55.8 Å². The molecule has 6 nitrogen and oxygen atoms in total. The van der Waals surface area contributed by atoms with Gasteiger partial charge in [-0.15, -0.1) is 0 Å². The Balaban J connectivity index is 4.37. The number of hydrogen-bond acceptors (Lipinski definition) is 5. The van der Waals surface area contributed by atoms with E-state index >= 15 is 0 Å². The van der Waals surface area contributed by atoms with Crippen LogP contribution in [0.2, 0.25) is 0 Å². The Morgan fingerprint density at radius 2 is 1.75 bits per heavy atom. The van der Waals surface area contributed by atoms with Crippen LogP contribution in [0.15, 0.2) is 0 Å². The number of nitrogens with zero attached hydrogens (tertiary/aromatic N) is 1. The number of nitrogens with one attached hydrogen (secondary N) is 1. The molecule has 1 amide bonds. The summed E-state index contributed by atoms with van der Waals surface area (Å²) in [5.74, 6) is -0.924. The number of amides is 1. The van der Waals surface area contributed by atoms with Gasteiger partial charge in [-0.2, -0.15) is 0 Å². The van der Waals surface area contributed by atoms with Gasteiger partial charge in [0.25, 0.3) is 0 Å². The lowest BCUT2D eigenvalue weighted by molar-refractivity contribution is -0.158. The number of hydrogen-bond donors (Lipinski definition) is 1. The summed E-state index contributed by atoms with van der Waals surface area (Å²) in [7, 11) is 1.67. The largest absolute Gasteiger partial charge is 0.465 e. The molecule has 0 fully saturated rings. The van der Waals surface area contributed by atoms with Crippen molar-refractivity contribution in [2.24, 2.45) is 5.41 Å². The van der Waals surface area contributed by atoms with Crippen molar-refractivity contribution in [1.82, 2.24) is 10.2 Å². The summed E-state index contributed by atoms with van der Waals surface area (Å²) < 4.78 is 4.89. The van der Waals surface area contributed by atoms with Crippen LogP contribution in [0.1, 0.15) is 34.1 Å². The lowest BCUT2D eigenvalue weighted by Gasteiger charge is -2.24. The summed E-state index contributed by atoms with van der Waals surface area (Å²) in [6, 6.07) is 0. The molecule has 0 aromatic carbocycles. The smallest absolute Gasteiger partial charge is 0.319 e. The molecular formula is C14H26N2O4. The minimum atomic E-state index is -1.19. The maximum atomic E-state index is 12.1. The predicted octanol–water partition coefficient (Wildman–Crippen LogP) is 0.603. The zero-order valence-corrected chi connectivity index (χ0v) is 13.1. The zero-order chi connectivity index (χ0) is 15.8. The van der Waals surface area contributed by atoms with Crippen molar-refractivity contribution < 1.29 is 19.1 Å². The van der Waals surface area contributed by atoms with E-state index in [2.05, 4.69) is 5.32 Å². The van der Waals surface area contributed by atoms with Gasteiger partial charge in [0.2, 0.25) is 5.91 Å². The van der Waals surface area contributed by atoms with Crippen LogP contribution in [0.5, 0.6) is 0 Å². The lowest BCUT2D eigenvalue weighted by Crippen LogP contribution is -2.44. The van der Waals surface area contributed by atoms with E-state index in [9.17, 15) is 14.4 Å². The number of carbonyl (C=O) groups is 3. The van der Waals surface area contributed by atoms with Gasteiger partial charge < -0.3 is 10.1 Å². The first-order valence-electron chi connectivity index (χ1n) is 6.91. The van der Waals surface area contributed by atoms with E-state index in [4.69, 9.17) is 4.74 Å². The molecule has 1 N–H and O–H groups in total. The molecule has 0 aliphatic rings. The van der Waals surface area contributed by atoms with Gasteiger partial charge in [-0.3, -0.25) is 19.3 Å². The minimum Gasteiger partial charge on any atom is -0.465 e. The Morgan fingerprint density at radius 3 is 2.25 bits per heavy atom. The van der Waals surface area contributed by atoms with Crippen molar-refractivity contribution in [2.45, 2.75) is 34.1 Å². The van der Waals surface area contributed by atoms with Crippen molar-refractivity contribution in [3.05, 3.63) is 0 Å². The summed E-state index contributed by atoms with van der Waals surface area (Å²) in [6.07, 6.45) is 0.865. The number of esters is 1. The Bertz CT molecular complexity index is 353. The molecule has 116 valence electrons. The first kappa shape index (κ1) is 18.6. The van der Waals surface area contributed by atoms with E-state index in [1.165, 1.54) is 0 Å². The van der Waals surface area contributed by atoms with E-state index in [1.807, 2.05) is 6.92 Å². The molecule has 0 radical (unpaired) electrons. The second kappa shape index (κ2) is 8.68. The Hall–Kier alpha value is -1.43. The molecule has 0 spiro atoms. The van der Waals surface area contributed by atoms with Crippen LogP contribution in [0.3, 0.4) is 0 Å². The third-order valence-corrected chi connectivity index (χ3v) is 2.88. The minimum absolute atomic E-state index is 0.0331. The van der Waals surface area contributed by atoms with Crippen LogP contribution >= 0.6 is 0 Å². The molecule has 20 heavy (non-hydrogen) atoms. The van der Waals surface area contributed by atoms with Gasteiger partial charge in [-0.1, -0.05) is 6.92 Å². The Kier molecular flexibility index (Phi) is 8.06. The van der Waals surface area contributed by atoms with Gasteiger partial charge >= 0.3 is 5.97 Å². The molecule has 0 atom stereocenters. The summed E-state index contributed by atoms with van der Waals surface area (Å²) in [4.78, 5) is 36.9. The van der Waals surface area contributed by atoms with E-state index in [1.54, 1.807) is 32.7 Å². The van der Waals surface area contributed by atoms with E-state index < -0.39 is 11.4 Å². The molecule has 0 bridgehead atoms. The molecular weight excluding hydrogens is 260 g/mol. The van der Waals surface area contributed by atoms with Crippen LogP contribution in [0.4, 0.5) is 0 Å². The maximum absolute atomic E-state index is 12.1. The van der Waals surface area contributed by atoms with Gasteiger partial charge in [-0.05, 0) is 34.2 Å². The topological polar surface area (TPSA) is 75.7 Å². The molecule has 0 heterocycles. The van der Waals surface area contributed by atoms with Gasteiger partial charge in [-0.25, -0.2) is 0 Å². The normalized spacial score (nSPS) is 11.3. The highest BCUT2D eigenvalue weighted by molar-refractivity contribution is 6.04. The van der Waals surface area contributed by atoms with Crippen LogP contribution < -0.4 is 5.32 Å². The number of Topliss-reactive ketones (excluding diaryl/α,β-unsaturated/α-hetero) is 1. The monoisotopic (exact) mass is 286 g/mol. The Labute approximate surface area is 120 Å². The quantitative estimate of drug-likeness (QED) is 0.496. The molecule has 0 rings (SSSR count). The van der Waals surface area contributed by atoms with Crippen LogP contribution in [0.25, 0.3) is 0 Å². The zero-order valence-electron chi connectivity index (χ0n) is 13.1. The van der Waals surface area contributed by atoms with Crippen molar-refractivity contribution in [3.63, 3.8) is 0 Å². The predicted molar refractivity (Wildman–Crippen MR) is 76.2 cm³/mol. The van der Waals surface area contributed by atoms with E-state index in [0.717, 1.165) is 6.42 Å². The standard InChI is InChI=1S/C14H26N2O4/c1-6-8-15-12(18)10-16(5)9-11(17)14(3,4)13(19)20-7-2/h6-10H2,1-5H3,(H,15,18). The average molecular weight is 286 g/mol. The summed E-state index contributed by atoms with van der Waals surface area (Å²) in [5, 5.41) is 2.73. The number of rotatable bonds is 9. The van der Waals surface area contributed by atoms with Gasteiger partial charge in [0.05, 0.1) is 19.7 Å². The fourth-order valence-corrected chi connectivity index (χ4v) is 1.49. The molecule has 0 saturated carbocycles. The molecule has 6 heteroatoms. The molecule has 0 aliphatic carbocycles. The van der Waals surface area contributed by atoms with Gasteiger partial charge in [0.15, 0.2) is 5.78 Å². The number of likely N-dealkylation sites (N-methyl/N-ethyl adjacent to an activating group) is 1. The van der Waals surface area contributed by atoms with Crippen molar-refractivity contribution in [3.8, 4) is 0 Å². The summed E-state index contributed by atoms with van der Waals surface area (Å²) in [6.45, 7) is 7.77. The van der Waals surface area contributed by atoms with Crippen LogP contribution in [0, 0.1) is 5.41 Å². The molecule has 0 aliphatic heterocycles. The molecule has 0 saturated heterocycles. The number of ether oxygens (including phenoxy) is 1. The molecule has 0 unspecified atom stereocenters. The second-order valence-corrected chi connectivity index (χ2v) is 5.29. The first-order chi connectivity index (χ1) is 9.25. The van der Waals surface area contributed by atoms with Crippen molar-refractivity contribution in [2.75, 3.05) is 33.3 Å². The summed E-state index contributed by atoms with van der Waals surface area (Å²) in [5.41, 5.74) is -1.19. The summed E-state index contributed by atoms with van der Waals surface area (Å²) >= 11 is 0. The van der Waals surface area contributed by atoms with Gasteiger partial charge in [0.1, 0.15) is 5.41 Å². The fraction of sp³-hybridized carbons (Fsp3) is 0.786.